The molecule has 2 fully saturated rings. The second-order valence-corrected chi connectivity index (χ2v) is 6.03. The first-order chi connectivity index (χ1) is 10.2. The first-order valence-electron chi connectivity index (χ1n) is 7.77. The number of ether oxygens (including phenoxy) is 4. The van der Waals surface area contributed by atoms with Gasteiger partial charge in [0.25, 0.3) is 0 Å². The summed E-state index contributed by atoms with van der Waals surface area (Å²) in [6.45, 7) is 2.20. The first-order valence-corrected chi connectivity index (χ1v) is 7.77. The topological polar surface area (TPSA) is 54.0 Å². The fourth-order valence-electron chi connectivity index (χ4n) is 4.28. The van der Waals surface area contributed by atoms with Gasteiger partial charge in [-0.3, -0.25) is 4.79 Å². The molecule has 0 N–H and O–H groups in total. The van der Waals surface area contributed by atoms with E-state index in [0.29, 0.717) is 18.9 Å². The number of methoxy groups -OCH3 is 2. The molecule has 1 saturated carbocycles. The van der Waals surface area contributed by atoms with E-state index < -0.39 is 11.7 Å². The molecule has 5 heteroatoms. The van der Waals surface area contributed by atoms with Crippen LogP contribution in [-0.4, -0.2) is 45.3 Å². The van der Waals surface area contributed by atoms with Crippen LogP contribution in [0.1, 0.15) is 32.6 Å². The number of hydrogen-bond donors (Lipinski definition) is 0. The average molecular weight is 296 g/mol. The van der Waals surface area contributed by atoms with Gasteiger partial charge in [-0.1, -0.05) is 6.08 Å². The second kappa shape index (κ2) is 5.71. The fraction of sp³-hybridized carbons (Fsp3) is 0.812. The van der Waals surface area contributed by atoms with Gasteiger partial charge in [-0.15, -0.1) is 0 Å². The summed E-state index contributed by atoms with van der Waals surface area (Å²) in [6.07, 6.45) is 5.13. The lowest BCUT2D eigenvalue weighted by Crippen LogP contribution is -2.43. The maximum atomic E-state index is 12.7. The smallest absolute Gasteiger partial charge is 0.321 e. The lowest BCUT2D eigenvalue weighted by molar-refractivity contribution is -0.200. The summed E-state index contributed by atoms with van der Waals surface area (Å²) < 4.78 is 22.7. The molecule has 0 aromatic heterocycles. The van der Waals surface area contributed by atoms with Gasteiger partial charge in [0.15, 0.2) is 6.29 Å². The molecule has 0 aromatic carbocycles. The molecule has 1 aliphatic heterocycles. The molecule has 1 saturated heterocycles. The van der Waals surface area contributed by atoms with Crippen molar-refractivity contribution >= 4 is 5.97 Å². The summed E-state index contributed by atoms with van der Waals surface area (Å²) in [7, 11) is 3.34. The molecule has 21 heavy (non-hydrogen) atoms. The van der Waals surface area contributed by atoms with Gasteiger partial charge < -0.3 is 18.9 Å². The number of carbonyl (C=O) groups is 1. The molecule has 0 amide bonds. The summed E-state index contributed by atoms with van der Waals surface area (Å²) in [4.78, 5) is 12.7. The number of carbonyl (C=O) groups excluding carboxylic acids is 1. The Balaban J connectivity index is 2.05. The summed E-state index contributed by atoms with van der Waals surface area (Å²) >= 11 is 0. The van der Waals surface area contributed by atoms with Crippen molar-refractivity contribution in [1.29, 1.82) is 0 Å². The van der Waals surface area contributed by atoms with Crippen LogP contribution in [0.3, 0.4) is 0 Å². The van der Waals surface area contributed by atoms with Crippen LogP contribution in [0.2, 0.25) is 0 Å². The third-order valence-corrected chi connectivity index (χ3v) is 5.20. The van der Waals surface area contributed by atoms with Gasteiger partial charge in [0.05, 0.1) is 18.8 Å². The zero-order chi connectivity index (χ0) is 15.0. The second-order valence-electron chi connectivity index (χ2n) is 6.03. The number of allylic oxidation sites excluding steroid dienone is 1. The highest BCUT2D eigenvalue weighted by Crippen LogP contribution is 2.56. The first kappa shape index (κ1) is 15.0. The standard InChI is InChI=1S/C16H24O5/c1-4-20-14(17)16-9-8-12(18-2)10-6-5-7-11(16)13(10)21-15(16)19-3/h7,10,12-13,15H,4-6,8-9H2,1-3H3/t10-,12+,13+,15+,16-/m1/s1. The third-order valence-electron chi connectivity index (χ3n) is 5.20. The normalized spacial score (nSPS) is 41.4. The van der Waals surface area contributed by atoms with E-state index in [1.807, 2.05) is 6.92 Å². The summed E-state index contributed by atoms with van der Waals surface area (Å²) in [5.41, 5.74) is 0.269. The molecular weight excluding hydrogens is 272 g/mol. The Kier molecular flexibility index (Phi) is 4.08. The molecule has 3 aliphatic rings. The van der Waals surface area contributed by atoms with Crippen LogP contribution in [0.15, 0.2) is 11.6 Å². The summed E-state index contributed by atoms with van der Waals surface area (Å²) in [5, 5.41) is 0. The van der Waals surface area contributed by atoms with E-state index in [4.69, 9.17) is 18.9 Å². The minimum absolute atomic E-state index is 0.0828. The van der Waals surface area contributed by atoms with Gasteiger partial charge in [0, 0.05) is 20.1 Å². The average Bonchev–Trinajstić information content (AvgIpc) is 2.79. The zero-order valence-electron chi connectivity index (χ0n) is 13.0. The molecule has 5 nitrogen and oxygen atoms in total. The maximum absolute atomic E-state index is 12.7. The minimum Gasteiger partial charge on any atom is -0.465 e. The van der Waals surface area contributed by atoms with Gasteiger partial charge in [-0.2, -0.15) is 0 Å². The lowest BCUT2D eigenvalue weighted by Gasteiger charge is -2.33. The molecule has 1 heterocycles. The van der Waals surface area contributed by atoms with E-state index in [2.05, 4.69) is 6.08 Å². The molecule has 0 radical (unpaired) electrons. The molecule has 5 atom stereocenters. The van der Waals surface area contributed by atoms with E-state index in [1.54, 1.807) is 14.2 Å². The van der Waals surface area contributed by atoms with E-state index >= 15 is 0 Å². The van der Waals surface area contributed by atoms with Crippen molar-refractivity contribution < 1.29 is 23.7 Å². The van der Waals surface area contributed by atoms with Crippen molar-refractivity contribution in [3.63, 3.8) is 0 Å². The number of rotatable bonds is 4. The van der Waals surface area contributed by atoms with Crippen molar-refractivity contribution in [3.8, 4) is 0 Å². The van der Waals surface area contributed by atoms with Crippen LogP contribution in [0.5, 0.6) is 0 Å². The summed E-state index contributed by atoms with van der Waals surface area (Å²) in [6, 6.07) is 0. The molecule has 4 bridgehead atoms. The van der Waals surface area contributed by atoms with Gasteiger partial charge in [-0.05, 0) is 38.2 Å². The highest BCUT2D eigenvalue weighted by Gasteiger charge is 2.63. The number of hydrogen-bond acceptors (Lipinski definition) is 5. The Hall–Kier alpha value is -0.910. The molecule has 3 rings (SSSR count). The van der Waals surface area contributed by atoms with Gasteiger partial charge in [0.2, 0.25) is 0 Å². The van der Waals surface area contributed by atoms with Crippen LogP contribution >= 0.6 is 0 Å². The van der Waals surface area contributed by atoms with Crippen molar-refractivity contribution in [2.45, 2.75) is 51.1 Å². The summed E-state index contributed by atoms with van der Waals surface area (Å²) in [5.74, 6) is 0.0782. The predicted octanol–water partition coefficient (Wildman–Crippen LogP) is 2.05. The Morgan fingerprint density at radius 2 is 2.19 bits per heavy atom. The zero-order valence-corrected chi connectivity index (χ0v) is 13.0. The molecule has 0 aromatic rings. The Morgan fingerprint density at radius 3 is 2.86 bits per heavy atom. The lowest BCUT2D eigenvalue weighted by atomic mass is 9.73. The van der Waals surface area contributed by atoms with Gasteiger partial charge >= 0.3 is 5.97 Å². The van der Waals surface area contributed by atoms with Gasteiger partial charge in [0.1, 0.15) is 5.41 Å². The van der Waals surface area contributed by atoms with Crippen LogP contribution < -0.4 is 0 Å². The predicted molar refractivity (Wildman–Crippen MR) is 75.6 cm³/mol. The monoisotopic (exact) mass is 296 g/mol. The van der Waals surface area contributed by atoms with Crippen molar-refractivity contribution in [2.24, 2.45) is 11.3 Å². The number of esters is 1. The van der Waals surface area contributed by atoms with Crippen molar-refractivity contribution in [2.75, 3.05) is 20.8 Å². The van der Waals surface area contributed by atoms with Crippen LogP contribution in [0, 0.1) is 11.3 Å². The van der Waals surface area contributed by atoms with E-state index in [-0.39, 0.29) is 18.2 Å². The molecule has 2 aliphatic carbocycles. The highest BCUT2D eigenvalue weighted by molar-refractivity contribution is 5.82. The van der Waals surface area contributed by atoms with E-state index in [9.17, 15) is 4.79 Å². The van der Waals surface area contributed by atoms with E-state index in [0.717, 1.165) is 24.8 Å². The van der Waals surface area contributed by atoms with E-state index in [1.165, 1.54) is 0 Å². The molecule has 118 valence electrons. The minimum atomic E-state index is -0.790. The molecule has 0 unspecified atom stereocenters. The molecular formula is C16H24O5. The van der Waals surface area contributed by atoms with Crippen LogP contribution in [0.4, 0.5) is 0 Å². The Bertz CT molecular complexity index is 446. The Labute approximate surface area is 125 Å². The van der Waals surface area contributed by atoms with Crippen molar-refractivity contribution in [1.82, 2.24) is 0 Å². The third kappa shape index (κ3) is 2.05. The fourth-order valence-corrected chi connectivity index (χ4v) is 4.28. The SMILES string of the molecule is CCOC(=O)[C@@]12CC[C@H](OC)[C@H]3CCC=C1[C@H]3O[C@@H]2OC. The van der Waals surface area contributed by atoms with Crippen LogP contribution in [0.25, 0.3) is 0 Å². The van der Waals surface area contributed by atoms with Crippen molar-refractivity contribution in [3.05, 3.63) is 11.6 Å². The maximum Gasteiger partial charge on any atom is 0.321 e. The quantitative estimate of drug-likeness (QED) is 0.587. The Morgan fingerprint density at radius 1 is 1.38 bits per heavy atom. The largest absolute Gasteiger partial charge is 0.465 e. The van der Waals surface area contributed by atoms with Crippen LogP contribution in [-0.2, 0) is 23.7 Å². The molecule has 0 spiro atoms. The van der Waals surface area contributed by atoms with Gasteiger partial charge in [-0.25, -0.2) is 0 Å². The highest BCUT2D eigenvalue weighted by atomic mass is 16.7.